The Labute approximate surface area is 231 Å². The summed E-state index contributed by atoms with van der Waals surface area (Å²) < 4.78 is 25.2. The molecule has 1 atom stereocenters. The lowest BCUT2D eigenvalue weighted by atomic mass is 10.0. The van der Waals surface area contributed by atoms with E-state index >= 15 is 0 Å². The van der Waals surface area contributed by atoms with Gasteiger partial charge in [0.15, 0.2) is 0 Å². The first-order valence-electron chi connectivity index (χ1n) is 13.2. The van der Waals surface area contributed by atoms with Crippen LogP contribution >= 0.6 is 11.6 Å². The molecule has 4 N–H and O–H groups in total. The highest BCUT2D eigenvalue weighted by molar-refractivity contribution is 6.35. The van der Waals surface area contributed by atoms with E-state index in [9.17, 15) is 11.0 Å². The Morgan fingerprint density at radius 3 is 2.82 bits per heavy atom. The molecule has 1 fully saturated rings. The molecule has 39 heavy (non-hydrogen) atoms. The van der Waals surface area contributed by atoms with Crippen molar-refractivity contribution in [3.8, 4) is 6.07 Å². The lowest BCUT2D eigenvalue weighted by molar-refractivity contribution is 0.260. The van der Waals surface area contributed by atoms with Gasteiger partial charge in [0.05, 0.1) is 34.9 Å². The van der Waals surface area contributed by atoms with Gasteiger partial charge in [-0.15, -0.1) is 5.53 Å². The van der Waals surface area contributed by atoms with Crippen LogP contribution in [0.2, 0.25) is 5.02 Å². The number of nitriles is 1. The van der Waals surface area contributed by atoms with Crippen molar-refractivity contribution in [2.24, 2.45) is 7.05 Å². The molecule has 1 aliphatic carbocycles. The molecule has 3 heterocycles. The van der Waals surface area contributed by atoms with Gasteiger partial charge >= 0.3 is 0 Å². The minimum absolute atomic E-state index is 0.367. The van der Waals surface area contributed by atoms with Crippen LogP contribution in [0.5, 0.6) is 0 Å². The van der Waals surface area contributed by atoms with Gasteiger partial charge in [0.1, 0.15) is 11.9 Å². The largest absolute Gasteiger partial charge is 0.383 e. The molecular weight excluding hydrogens is 517 g/mol. The highest BCUT2D eigenvalue weighted by Crippen LogP contribution is 2.36. The summed E-state index contributed by atoms with van der Waals surface area (Å²) in [5, 5.41) is 23.7. The average molecular weight is 545 g/mol. The molecule has 6 rings (SSSR count). The number of hydrogen-bond donors (Lipinski definition) is 4. The van der Waals surface area contributed by atoms with E-state index in [2.05, 4.69) is 37.7 Å². The quantitative estimate of drug-likeness (QED) is 0.239. The molecule has 0 bridgehead atoms. The van der Waals surface area contributed by atoms with E-state index < -0.39 is 6.02 Å². The Kier molecular flexibility index (Phi) is 6.36. The minimum atomic E-state index is -1.52. The number of aryl methyl sites for hydroxylation is 1. The fourth-order valence-electron chi connectivity index (χ4n) is 4.63. The van der Waals surface area contributed by atoms with Gasteiger partial charge in [0.25, 0.3) is 0 Å². The van der Waals surface area contributed by atoms with Gasteiger partial charge in [-0.1, -0.05) is 23.7 Å². The lowest BCUT2D eigenvalue weighted by Gasteiger charge is -2.22. The third-order valence-electron chi connectivity index (χ3n) is 6.85. The van der Waals surface area contributed by atoms with E-state index in [-0.39, 0.29) is 5.82 Å². The van der Waals surface area contributed by atoms with E-state index in [1.54, 1.807) is 24.4 Å². The molecule has 2 aromatic carbocycles. The Morgan fingerprint density at radius 2 is 2.10 bits per heavy atom. The number of hydrazine groups is 2. The molecule has 4 aromatic rings. The van der Waals surface area contributed by atoms with Crippen molar-refractivity contribution >= 4 is 33.9 Å². The standard InChI is InChI=1S/C28H27ClFN9/c1-38-21(9-11-34-38)8-10-32-26-18(14-31)15-33-28-23(26)12-20(13-24(28)29)35-27(17-2-4-19(30)5-3-17)25-16-39(37-36-25)22-6-7-22/h2-5,9,11-13,15-16,22,27,35-37H,6-8,10H2,1H3,(H,32,33)/i27D. The normalized spacial score (nSPS) is 16.7. The summed E-state index contributed by atoms with van der Waals surface area (Å²) in [5.41, 5.74) is 10.4. The Bertz CT molecular complexity index is 1640. The topological polar surface area (TPSA) is 106 Å². The number of rotatable bonds is 9. The predicted octanol–water partition coefficient (Wildman–Crippen LogP) is 4.77. The van der Waals surface area contributed by atoms with Gasteiger partial charge in [-0.2, -0.15) is 10.4 Å². The summed E-state index contributed by atoms with van der Waals surface area (Å²) in [7, 11) is 1.89. The molecule has 1 aliphatic heterocycles. The van der Waals surface area contributed by atoms with Gasteiger partial charge in [0, 0.05) is 61.4 Å². The average Bonchev–Trinajstić information content (AvgIpc) is 3.52. The van der Waals surface area contributed by atoms with Crippen molar-refractivity contribution in [1.82, 2.24) is 30.7 Å². The van der Waals surface area contributed by atoms with E-state index in [4.69, 9.17) is 11.6 Å². The van der Waals surface area contributed by atoms with Crippen LogP contribution < -0.4 is 21.6 Å². The molecule has 11 heteroatoms. The maximum atomic E-state index is 13.8. The van der Waals surface area contributed by atoms with Crippen LogP contribution in [0.4, 0.5) is 15.8 Å². The van der Waals surface area contributed by atoms with Crippen LogP contribution in [0, 0.1) is 17.1 Å². The van der Waals surface area contributed by atoms with Crippen LogP contribution in [-0.4, -0.2) is 32.4 Å². The van der Waals surface area contributed by atoms with E-state index in [1.165, 1.54) is 18.3 Å². The maximum Gasteiger partial charge on any atom is 0.123 e. The van der Waals surface area contributed by atoms with Gasteiger partial charge in [-0.05, 0) is 48.7 Å². The van der Waals surface area contributed by atoms with Crippen LogP contribution in [0.25, 0.3) is 10.9 Å². The number of nitrogens with zero attached hydrogens (tertiary/aromatic N) is 5. The van der Waals surface area contributed by atoms with Crippen molar-refractivity contribution in [3.05, 3.63) is 94.4 Å². The molecule has 0 radical (unpaired) electrons. The molecule has 2 aliphatic rings. The predicted molar refractivity (Wildman–Crippen MR) is 149 cm³/mol. The lowest BCUT2D eigenvalue weighted by Crippen LogP contribution is -2.38. The first-order chi connectivity index (χ1) is 19.4. The molecule has 198 valence electrons. The number of hydrogen-bond acceptors (Lipinski definition) is 8. The Hall–Kier alpha value is -4.33. The molecule has 0 amide bonds. The first kappa shape index (κ1) is 23.8. The van der Waals surface area contributed by atoms with E-state index in [0.717, 1.165) is 18.5 Å². The fraction of sp³-hybridized carbons (Fsp3) is 0.250. The monoisotopic (exact) mass is 544 g/mol. The second-order valence-corrected chi connectivity index (χ2v) is 9.97. The number of anilines is 2. The summed E-state index contributed by atoms with van der Waals surface area (Å²) in [6, 6.07) is 12.4. The highest BCUT2D eigenvalue weighted by atomic mass is 35.5. The van der Waals surface area contributed by atoms with E-state index in [0.29, 0.717) is 63.1 Å². The number of aromatic nitrogens is 3. The summed E-state index contributed by atoms with van der Waals surface area (Å²) in [6.45, 7) is 0.556. The smallest absolute Gasteiger partial charge is 0.123 e. The third kappa shape index (κ3) is 5.19. The second kappa shape index (κ2) is 10.4. The first-order valence-corrected chi connectivity index (χ1v) is 13.0. The highest BCUT2D eigenvalue weighted by Gasteiger charge is 2.32. The third-order valence-corrected chi connectivity index (χ3v) is 7.14. The zero-order chi connectivity index (χ0) is 27.9. The van der Waals surface area contributed by atoms with Crippen molar-refractivity contribution < 1.29 is 5.76 Å². The van der Waals surface area contributed by atoms with Crippen molar-refractivity contribution in [2.45, 2.75) is 31.3 Å². The van der Waals surface area contributed by atoms with E-state index in [1.807, 2.05) is 35.1 Å². The van der Waals surface area contributed by atoms with Gasteiger partial charge in [0.2, 0.25) is 0 Å². The SMILES string of the molecule is [2H]C(Nc1cc(Cl)c2ncc(C#N)c(NCCc3ccnn3C)c2c1)(C1=CN(C2CC2)NN1)c1ccc(F)cc1. The summed E-state index contributed by atoms with van der Waals surface area (Å²) >= 11 is 6.71. The molecule has 0 saturated heterocycles. The molecule has 1 saturated carbocycles. The van der Waals surface area contributed by atoms with Crippen molar-refractivity contribution in [2.75, 3.05) is 17.2 Å². The van der Waals surface area contributed by atoms with Crippen LogP contribution in [0.1, 0.15) is 37.1 Å². The zero-order valence-corrected chi connectivity index (χ0v) is 21.9. The summed E-state index contributed by atoms with van der Waals surface area (Å²) in [5.74, 6) is -0.386. The van der Waals surface area contributed by atoms with Crippen molar-refractivity contribution in [1.29, 1.82) is 5.26 Å². The number of benzene rings is 2. The van der Waals surface area contributed by atoms with Crippen molar-refractivity contribution in [3.63, 3.8) is 0 Å². The Morgan fingerprint density at radius 1 is 1.28 bits per heavy atom. The number of nitrogens with one attached hydrogen (secondary N) is 4. The molecule has 2 aromatic heterocycles. The Balaban J connectivity index is 1.38. The molecule has 9 nitrogen and oxygen atoms in total. The number of pyridine rings is 1. The molecular formula is C28H27ClFN9. The van der Waals surface area contributed by atoms with Gasteiger partial charge < -0.3 is 16.1 Å². The number of fused-ring (bicyclic) bond motifs is 1. The second-order valence-electron chi connectivity index (χ2n) is 9.56. The van der Waals surface area contributed by atoms with Crippen LogP contribution in [-0.2, 0) is 13.5 Å². The number of halogens is 2. The fourth-order valence-corrected chi connectivity index (χ4v) is 4.90. The zero-order valence-electron chi connectivity index (χ0n) is 22.2. The van der Waals surface area contributed by atoms with Crippen LogP contribution in [0.15, 0.2) is 66.8 Å². The molecule has 0 spiro atoms. The van der Waals surface area contributed by atoms with Gasteiger partial charge in [-0.3, -0.25) is 14.7 Å². The maximum absolute atomic E-state index is 13.8. The summed E-state index contributed by atoms with van der Waals surface area (Å²) in [4.78, 5) is 4.44. The molecule has 1 unspecified atom stereocenters. The van der Waals surface area contributed by atoms with Gasteiger partial charge in [-0.25, -0.2) is 4.39 Å². The van der Waals surface area contributed by atoms with Crippen LogP contribution in [0.3, 0.4) is 0 Å². The minimum Gasteiger partial charge on any atom is -0.383 e. The summed E-state index contributed by atoms with van der Waals surface area (Å²) in [6.07, 6.45) is 7.95.